The van der Waals surface area contributed by atoms with E-state index in [0.29, 0.717) is 0 Å². The van der Waals surface area contributed by atoms with E-state index in [9.17, 15) is 0 Å². The van der Waals surface area contributed by atoms with Crippen LogP contribution in [0.15, 0.2) is 29.3 Å². The van der Waals surface area contributed by atoms with E-state index in [2.05, 4.69) is 49.7 Å². The molecule has 0 saturated carbocycles. The number of aliphatic imine (C=N–C) groups is 1. The van der Waals surface area contributed by atoms with Crippen molar-refractivity contribution in [1.29, 1.82) is 0 Å². The summed E-state index contributed by atoms with van der Waals surface area (Å²) in [6.07, 6.45) is 0. The summed E-state index contributed by atoms with van der Waals surface area (Å²) < 4.78 is 5.38. The molecule has 0 radical (unpaired) electrons. The first kappa shape index (κ1) is 19.3. The molecule has 2 aliphatic rings. The third-order valence-electron chi connectivity index (χ3n) is 4.82. The molecule has 0 amide bonds. The predicted octanol–water partition coefficient (Wildman–Crippen LogP) is 1.24. The van der Waals surface area contributed by atoms with Crippen LogP contribution in [0.3, 0.4) is 0 Å². The lowest BCUT2D eigenvalue weighted by molar-refractivity contribution is 0.0389. The number of hydrogen-bond donors (Lipinski definition) is 2. The molecule has 26 heavy (non-hydrogen) atoms. The summed E-state index contributed by atoms with van der Waals surface area (Å²) in [5.41, 5.74) is 2.61. The van der Waals surface area contributed by atoms with Crippen LogP contribution in [-0.4, -0.2) is 81.9 Å². The zero-order valence-corrected chi connectivity index (χ0v) is 16.6. The third kappa shape index (κ3) is 6.07. The number of nitrogens with one attached hydrogen (secondary N) is 2. The van der Waals surface area contributed by atoms with Crippen LogP contribution in [0.4, 0.5) is 5.69 Å². The van der Waals surface area contributed by atoms with Crippen molar-refractivity contribution >= 4 is 23.4 Å². The zero-order chi connectivity index (χ0) is 18.0. The molecule has 144 valence electrons. The third-order valence-corrected chi connectivity index (χ3v) is 5.76. The van der Waals surface area contributed by atoms with E-state index in [0.717, 1.165) is 65.0 Å². The molecule has 7 heteroatoms. The molecule has 2 fully saturated rings. The average Bonchev–Trinajstić information content (AvgIpc) is 2.72. The fourth-order valence-electron chi connectivity index (χ4n) is 3.21. The molecule has 2 saturated heterocycles. The molecule has 0 unspecified atom stereocenters. The van der Waals surface area contributed by atoms with Gasteiger partial charge in [-0.05, 0) is 17.7 Å². The van der Waals surface area contributed by atoms with Crippen LogP contribution in [0.1, 0.15) is 5.56 Å². The number of ether oxygens (including phenoxy) is 1. The minimum atomic E-state index is 0.785. The van der Waals surface area contributed by atoms with Gasteiger partial charge in [-0.15, -0.1) is 0 Å². The van der Waals surface area contributed by atoms with Gasteiger partial charge in [0.15, 0.2) is 5.96 Å². The lowest BCUT2D eigenvalue weighted by Crippen LogP contribution is -2.44. The normalized spacial score (nSPS) is 19.4. The second-order valence-corrected chi connectivity index (χ2v) is 7.80. The van der Waals surface area contributed by atoms with Gasteiger partial charge in [-0.1, -0.05) is 12.1 Å². The standard InChI is InChI=1S/C19H31N5OS/c1-20-19(21-6-7-23-8-12-25-13-9-23)22-16-17-2-4-18(5-3-17)24-10-14-26-15-11-24/h2-5H,6-16H2,1H3,(H2,20,21,22). The van der Waals surface area contributed by atoms with Gasteiger partial charge >= 0.3 is 0 Å². The van der Waals surface area contributed by atoms with E-state index < -0.39 is 0 Å². The number of benzene rings is 1. The fraction of sp³-hybridized carbons (Fsp3) is 0.632. The Labute approximate surface area is 161 Å². The maximum atomic E-state index is 5.38. The van der Waals surface area contributed by atoms with Crippen LogP contribution in [-0.2, 0) is 11.3 Å². The van der Waals surface area contributed by atoms with Gasteiger partial charge in [0.2, 0.25) is 0 Å². The van der Waals surface area contributed by atoms with Crippen LogP contribution < -0.4 is 15.5 Å². The quantitative estimate of drug-likeness (QED) is 0.575. The average molecular weight is 378 g/mol. The number of guanidine groups is 1. The molecule has 3 rings (SSSR count). The molecule has 0 aromatic heterocycles. The Balaban J connectivity index is 1.38. The van der Waals surface area contributed by atoms with Crippen molar-refractivity contribution in [2.75, 3.05) is 75.9 Å². The summed E-state index contributed by atoms with van der Waals surface area (Å²) in [6.45, 7) is 8.75. The molecular formula is C19H31N5OS. The number of nitrogens with zero attached hydrogens (tertiary/aromatic N) is 3. The van der Waals surface area contributed by atoms with Gasteiger partial charge in [-0.3, -0.25) is 9.89 Å². The number of rotatable bonds is 6. The van der Waals surface area contributed by atoms with Gasteiger partial charge in [0.25, 0.3) is 0 Å². The highest BCUT2D eigenvalue weighted by atomic mass is 32.2. The van der Waals surface area contributed by atoms with Crippen molar-refractivity contribution < 1.29 is 4.74 Å². The molecule has 6 nitrogen and oxygen atoms in total. The van der Waals surface area contributed by atoms with Crippen molar-refractivity contribution in [2.24, 2.45) is 4.99 Å². The van der Waals surface area contributed by atoms with Gasteiger partial charge in [0.05, 0.1) is 13.2 Å². The van der Waals surface area contributed by atoms with Crippen molar-refractivity contribution in [1.82, 2.24) is 15.5 Å². The number of anilines is 1. The monoisotopic (exact) mass is 377 g/mol. The maximum Gasteiger partial charge on any atom is 0.191 e. The van der Waals surface area contributed by atoms with E-state index in [4.69, 9.17) is 4.74 Å². The Morgan fingerprint density at radius 3 is 2.50 bits per heavy atom. The van der Waals surface area contributed by atoms with Gasteiger partial charge in [0, 0.05) is 70.1 Å². The largest absolute Gasteiger partial charge is 0.379 e. The Morgan fingerprint density at radius 1 is 1.08 bits per heavy atom. The Morgan fingerprint density at radius 2 is 1.81 bits per heavy atom. The fourth-order valence-corrected chi connectivity index (χ4v) is 4.11. The highest BCUT2D eigenvalue weighted by Crippen LogP contribution is 2.19. The highest BCUT2D eigenvalue weighted by molar-refractivity contribution is 7.99. The summed E-state index contributed by atoms with van der Waals surface area (Å²) in [6, 6.07) is 8.90. The Hall–Kier alpha value is -1.44. The van der Waals surface area contributed by atoms with E-state index in [1.807, 2.05) is 18.8 Å². The molecule has 2 aliphatic heterocycles. The first-order valence-corrected chi connectivity index (χ1v) is 10.7. The lowest BCUT2D eigenvalue weighted by Gasteiger charge is -2.28. The molecule has 0 atom stereocenters. The number of morpholine rings is 1. The molecule has 1 aromatic rings. The summed E-state index contributed by atoms with van der Waals surface area (Å²) in [7, 11) is 1.82. The topological polar surface area (TPSA) is 52.1 Å². The van der Waals surface area contributed by atoms with Crippen LogP contribution in [0.2, 0.25) is 0 Å². The lowest BCUT2D eigenvalue weighted by atomic mass is 10.2. The van der Waals surface area contributed by atoms with Crippen LogP contribution in [0.25, 0.3) is 0 Å². The zero-order valence-electron chi connectivity index (χ0n) is 15.7. The second-order valence-electron chi connectivity index (χ2n) is 6.57. The summed E-state index contributed by atoms with van der Waals surface area (Å²) >= 11 is 2.04. The van der Waals surface area contributed by atoms with Crippen molar-refractivity contribution in [3.63, 3.8) is 0 Å². The Kier molecular flexibility index (Phi) is 7.91. The summed E-state index contributed by atoms with van der Waals surface area (Å²) in [4.78, 5) is 9.21. The minimum absolute atomic E-state index is 0.785. The Bertz CT molecular complexity index is 554. The van der Waals surface area contributed by atoms with E-state index >= 15 is 0 Å². The number of hydrogen-bond acceptors (Lipinski definition) is 5. The van der Waals surface area contributed by atoms with E-state index in [1.54, 1.807) is 0 Å². The molecule has 2 heterocycles. The molecule has 2 N–H and O–H groups in total. The molecule has 0 spiro atoms. The van der Waals surface area contributed by atoms with Crippen molar-refractivity contribution in [3.05, 3.63) is 29.8 Å². The smallest absolute Gasteiger partial charge is 0.191 e. The second kappa shape index (κ2) is 10.6. The van der Waals surface area contributed by atoms with E-state index in [-0.39, 0.29) is 0 Å². The predicted molar refractivity (Wildman–Crippen MR) is 111 cm³/mol. The molecular weight excluding hydrogens is 346 g/mol. The first-order valence-electron chi connectivity index (χ1n) is 9.51. The van der Waals surface area contributed by atoms with Crippen molar-refractivity contribution in [2.45, 2.75) is 6.54 Å². The molecule has 0 aliphatic carbocycles. The van der Waals surface area contributed by atoms with Crippen LogP contribution >= 0.6 is 11.8 Å². The maximum absolute atomic E-state index is 5.38. The SMILES string of the molecule is CN=C(NCCN1CCOCC1)NCc1ccc(N2CCSCC2)cc1. The van der Waals surface area contributed by atoms with Gasteiger partial charge < -0.3 is 20.3 Å². The van der Waals surface area contributed by atoms with Gasteiger partial charge in [0.1, 0.15) is 0 Å². The van der Waals surface area contributed by atoms with Crippen LogP contribution in [0.5, 0.6) is 0 Å². The molecule has 1 aromatic carbocycles. The van der Waals surface area contributed by atoms with E-state index in [1.165, 1.54) is 22.8 Å². The highest BCUT2D eigenvalue weighted by Gasteiger charge is 2.11. The number of thioether (sulfide) groups is 1. The van der Waals surface area contributed by atoms with Crippen LogP contribution in [0, 0.1) is 0 Å². The first-order chi connectivity index (χ1) is 12.8. The minimum Gasteiger partial charge on any atom is -0.379 e. The molecule has 0 bridgehead atoms. The van der Waals surface area contributed by atoms with Crippen molar-refractivity contribution in [3.8, 4) is 0 Å². The van der Waals surface area contributed by atoms with Gasteiger partial charge in [-0.25, -0.2) is 0 Å². The summed E-state index contributed by atoms with van der Waals surface area (Å²) in [5.74, 6) is 3.32. The van der Waals surface area contributed by atoms with Gasteiger partial charge in [-0.2, -0.15) is 11.8 Å². The summed E-state index contributed by atoms with van der Waals surface area (Å²) in [5, 5.41) is 6.80.